The second-order valence-electron chi connectivity index (χ2n) is 6.89. The van der Waals surface area contributed by atoms with Crippen molar-refractivity contribution in [2.75, 3.05) is 7.11 Å². The minimum absolute atomic E-state index is 0.0437. The fraction of sp³-hybridized carbons (Fsp3) is 0.333. The Balaban J connectivity index is 2.20. The van der Waals surface area contributed by atoms with Crippen LogP contribution in [-0.2, 0) is 16.6 Å². The van der Waals surface area contributed by atoms with E-state index in [1.54, 1.807) is 39.1 Å². The van der Waals surface area contributed by atoms with Crippen molar-refractivity contribution in [1.29, 1.82) is 0 Å². The number of carbonyl (C=O) groups excluding carboxylic acids is 1. The van der Waals surface area contributed by atoms with Crippen molar-refractivity contribution in [2.24, 2.45) is 0 Å². The van der Waals surface area contributed by atoms with Crippen molar-refractivity contribution in [3.05, 3.63) is 52.7 Å². The number of methoxy groups -OCH3 is 1. The highest BCUT2D eigenvalue weighted by molar-refractivity contribution is 7.89. The molecule has 0 unspecified atom stereocenters. The third-order valence-electron chi connectivity index (χ3n) is 3.38. The molecule has 0 saturated carbocycles. The summed E-state index contributed by atoms with van der Waals surface area (Å²) in [4.78, 5) is 16.3. The molecule has 0 bridgehead atoms. The molecule has 0 radical (unpaired) electrons. The van der Waals surface area contributed by atoms with Crippen LogP contribution in [-0.4, -0.2) is 32.0 Å². The van der Waals surface area contributed by atoms with Gasteiger partial charge in [0.25, 0.3) is 5.91 Å². The van der Waals surface area contributed by atoms with E-state index >= 15 is 0 Å². The second-order valence-corrected chi connectivity index (χ2v) is 8.95. The molecule has 0 spiro atoms. The summed E-state index contributed by atoms with van der Waals surface area (Å²) in [5.74, 6) is 0.0181. The van der Waals surface area contributed by atoms with Crippen molar-refractivity contribution in [3.63, 3.8) is 0 Å². The van der Waals surface area contributed by atoms with Crippen LogP contribution in [0.15, 0.2) is 41.4 Å². The van der Waals surface area contributed by atoms with Gasteiger partial charge < -0.3 is 10.1 Å². The van der Waals surface area contributed by atoms with E-state index in [2.05, 4.69) is 15.0 Å². The molecule has 0 aliphatic carbocycles. The molecule has 0 atom stereocenters. The maximum atomic E-state index is 12.5. The van der Waals surface area contributed by atoms with Crippen LogP contribution < -0.4 is 14.8 Å². The summed E-state index contributed by atoms with van der Waals surface area (Å²) in [6.07, 6.45) is 1.57. The molecule has 146 valence electrons. The number of pyridine rings is 1. The van der Waals surface area contributed by atoms with Gasteiger partial charge >= 0.3 is 0 Å². The van der Waals surface area contributed by atoms with Gasteiger partial charge in [-0.25, -0.2) is 18.1 Å². The first kappa shape index (κ1) is 21.1. The van der Waals surface area contributed by atoms with Crippen molar-refractivity contribution in [3.8, 4) is 5.88 Å². The van der Waals surface area contributed by atoms with E-state index in [4.69, 9.17) is 16.3 Å². The maximum Gasteiger partial charge on any atom is 0.251 e. The predicted molar refractivity (Wildman–Crippen MR) is 103 cm³/mol. The van der Waals surface area contributed by atoms with Gasteiger partial charge in [-0.05, 0) is 50.6 Å². The summed E-state index contributed by atoms with van der Waals surface area (Å²) in [5.41, 5.74) is 0.307. The molecule has 1 heterocycles. The Bertz CT molecular complexity index is 940. The molecule has 2 aromatic rings. The van der Waals surface area contributed by atoms with Crippen LogP contribution in [0.4, 0.5) is 0 Å². The Morgan fingerprint density at radius 2 is 1.93 bits per heavy atom. The quantitative estimate of drug-likeness (QED) is 0.761. The van der Waals surface area contributed by atoms with E-state index in [1.165, 1.54) is 25.3 Å². The van der Waals surface area contributed by atoms with Crippen molar-refractivity contribution in [1.82, 2.24) is 15.0 Å². The molecular weight excluding hydrogens is 390 g/mol. The van der Waals surface area contributed by atoms with Gasteiger partial charge in [0.15, 0.2) is 0 Å². The third-order valence-corrected chi connectivity index (χ3v) is 5.62. The highest BCUT2D eigenvalue weighted by atomic mass is 35.5. The number of benzene rings is 1. The minimum Gasteiger partial charge on any atom is -0.481 e. The number of aromatic nitrogens is 1. The lowest BCUT2D eigenvalue weighted by atomic mass is 10.1. The number of sulfonamides is 1. The molecule has 0 aliphatic rings. The van der Waals surface area contributed by atoms with Crippen molar-refractivity contribution >= 4 is 27.5 Å². The van der Waals surface area contributed by atoms with Gasteiger partial charge in [-0.1, -0.05) is 11.6 Å². The van der Waals surface area contributed by atoms with Crippen LogP contribution in [0.1, 0.15) is 36.7 Å². The Kier molecular flexibility index (Phi) is 6.46. The molecule has 0 fully saturated rings. The molecule has 0 saturated heterocycles. The van der Waals surface area contributed by atoms with Gasteiger partial charge in [-0.15, -0.1) is 0 Å². The van der Waals surface area contributed by atoms with E-state index in [1.807, 2.05) is 0 Å². The first-order chi connectivity index (χ1) is 12.5. The van der Waals surface area contributed by atoms with E-state index in [-0.39, 0.29) is 22.0 Å². The molecule has 2 N–H and O–H groups in total. The Hall–Kier alpha value is -2.16. The maximum absolute atomic E-state index is 12.5. The average molecular weight is 412 g/mol. The molecule has 0 aliphatic heterocycles. The van der Waals surface area contributed by atoms with Gasteiger partial charge in [-0.2, -0.15) is 0 Å². The zero-order chi connectivity index (χ0) is 20.2. The summed E-state index contributed by atoms with van der Waals surface area (Å²) in [6, 6.07) is 7.57. The fourth-order valence-corrected chi connectivity index (χ4v) is 4.21. The highest BCUT2D eigenvalue weighted by Crippen LogP contribution is 2.24. The molecular formula is C18H22ClN3O4S. The van der Waals surface area contributed by atoms with E-state index in [9.17, 15) is 13.2 Å². The monoisotopic (exact) mass is 411 g/mol. The zero-order valence-electron chi connectivity index (χ0n) is 15.5. The normalized spacial score (nSPS) is 11.9. The van der Waals surface area contributed by atoms with Gasteiger partial charge in [-0.3, -0.25) is 4.79 Å². The average Bonchev–Trinajstić information content (AvgIpc) is 2.58. The topological polar surface area (TPSA) is 97.4 Å². The van der Waals surface area contributed by atoms with Crippen molar-refractivity contribution in [2.45, 2.75) is 37.8 Å². The number of ether oxygens (including phenoxy) is 1. The number of amides is 1. The minimum atomic E-state index is -3.87. The smallest absolute Gasteiger partial charge is 0.251 e. The first-order valence-corrected chi connectivity index (χ1v) is 9.98. The van der Waals surface area contributed by atoms with E-state index in [0.717, 1.165) is 5.56 Å². The Labute approximate surface area is 164 Å². The lowest BCUT2D eigenvalue weighted by Gasteiger charge is -2.21. The van der Waals surface area contributed by atoms with Gasteiger partial charge in [0.05, 0.1) is 12.1 Å². The van der Waals surface area contributed by atoms with Gasteiger partial charge in [0.1, 0.15) is 4.90 Å². The Morgan fingerprint density at radius 1 is 1.22 bits per heavy atom. The zero-order valence-corrected chi connectivity index (χ0v) is 17.1. The highest BCUT2D eigenvalue weighted by Gasteiger charge is 2.25. The second kappa shape index (κ2) is 8.24. The number of nitrogens with zero attached hydrogens (tertiary/aromatic N) is 1. The van der Waals surface area contributed by atoms with Crippen LogP contribution in [0, 0.1) is 0 Å². The largest absolute Gasteiger partial charge is 0.481 e. The fourth-order valence-electron chi connectivity index (χ4n) is 2.27. The molecule has 9 heteroatoms. The Morgan fingerprint density at radius 3 is 2.56 bits per heavy atom. The number of hydrogen-bond donors (Lipinski definition) is 2. The summed E-state index contributed by atoms with van der Waals surface area (Å²) < 4.78 is 32.7. The number of hydrogen-bond acceptors (Lipinski definition) is 5. The van der Waals surface area contributed by atoms with Crippen LogP contribution in [0.25, 0.3) is 0 Å². The van der Waals surface area contributed by atoms with E-state index < -0.39 is 21.5 Å². The van der Waals surface area contributed by atoms with Crippen LogP contribution >= 0.6 is 11.6 Å². The molecule has 1 aromatic heterocycles. The third kappa shape index (κ3) is 5.92. The molecule has 7 nitrogen and oxygen atoms in total. The SMILES string of the molecule is COc1cc(CNC(=O)c2ccc(Cl)c(S(=O)(=O)NC(C)(C)C)c2)ccn1. The van der Waals surface area contributed by atoms with Crippen LogP contribution in [0.5, 0.6) is 5.88 Å². The molecule has 1 amide bonds. The lowest BCUT2D eigenvalue weighted by molar-refractivity contribution is 0.0950. The first-order valence-electron chi connectivity index (χ1n) is 8.12. The van der Waals surface area contributed by atoms with Crippen LogP contribution in [0.2, 0.25) is 5.02 Å². The standard InChI is InChI=1S/C18H22ClN3O4S/c1-18(2,3)22-27(24,25)15-10-13(5-6-14(15)19)17(23)21-11-12-7-8-20-16(9-12)26-4/h5-10,22H,11H2,1-4H3,(H,21,23). The molecule has 27 heavy (non-hydrogen) atoms. The van der Waals surface area contributed by atoms with E-state index in [0.29, 0.717) is 5.88 Å². The lowest BCUT2D eigenvalue weighted by Crippen LogP contribution is -2.40. The van der Waals surface area contributed by atoms with Gasteiger partial charge in [0.2, 0.25) is 15.9 Å². The number of halogens is 1. The number of nitrogens with one attached hydrogen (secondary N) is 2. The van der Waals surface area contributed by atoms with Gasteiger partial charge in [0, 0.05) is 29.9 Å². The summed E-state index contributed by atoms with van der Waals surface area (Å²) in [5, 5.41) is 2.78. The summed E-state index contributed by atoms with van der Waals surface area (Å²) in [6.45, 7) is 5.40. The molecule has 2 rings (SSSR count). The number of carbonyl (C=O) groups is 1. The summed E-state index contributed by atoms with van der Waals surface area (Å²) in [7, 11) is -2.36. The predicted octanol–water partition coefficient (Wildman–Crippen LogP) is 2.75. The van der Waals surface area contributed by atoms with Crippen LogP contribution in [0.3, 0.4) is 0 Å². The molecule has 1 aromatic carbocycles. The van der Waals surface area contributed by atoms with Crippen molar-refractivity contribution < 1.29 is 17.9 Å². The summed E-state index contributed by atoms with van der Waals surface area (Å²) >= 11 is 6.05. The number of rotatable bonds is 6.